The minimum atomic E-state index is -0.994. The quantitative estimate of drug-likeness (QED) is 0.762. The summed E-state index contributed by atoms with van der Waals surface area (Å²) in [5.74, 6) is -0.269. The Balaban J connectivity index is 1.76. The van der Waals surface area contributed by atoms with E-state index in [1.54, 1.807) is 18.3 Å². The van der Waals surface area contributed by atoms with Crippen molar-refractivity contribution in [2.75, 3.05) is 6.54 Å². The van der Waals surface area contributed by atoms with Crippen LogP contribution in [0.5, 0.6) is 0 Å². The molecule has 2 aromatic rings. The van der Waals surface area contributed by atoms with Gasteiger partial charge in [0.2, 0.25) is 0 Å². The summed E-state index contributed by atoms with van der Waals surface area (Å²) in [5, 5.41) is 13.5. The van der Waals surface area contributed by atoms with Crippen molar-refractivity contribution in [3.8, 4) is 0 Å². The number of pyridine rings is 1. The summed E-state index contributed by atoms with van der Waals surface area (Å²) in [6.45, 7) is 0.187. The molecule has 0 fully saturated rings. The summed E-state index contributed by atoms with van der Waals surface area (Å²) >= 11 is 5.09. The first-order valence-electron chi connectivity index (χ1n) is 6.87. The third kappa shape index (κ3) is 2.62. The Kier molecular flexibility index (Phi) is 3.61. The number of fused-ring (bicyclic) bond motifs is 1. The lowest BCUT2D eigenvalue weighted by molar-refractivity contribution is 0.0369. The maximum atomic E-state index is 12.2. The van der Waals surface area contributed by atoms with Crippen LogP contribution in [0, 0.1) is 4.64 Å². The van der Waals surface area contributed by atoms with Crippen molar-refractivity contribution in [1.82, 2.24) is 10.3 Å². The van der Waals surface area contributed by atoms with E-state index in [-0.39, 0.29) is 12.5 Å². The van der Waals surface area contributed by atoms with E-state index in [1.165, 1.54) is 0 Å². The Hall–Kier alpha value is -1.98. The van der Waals surface area contributed by atoms with Crippen LogP contribution in [0.15, 0.2) is 42.6 Å². The molecule has 1 aliphatic rings. The van der Waals surface area contributed by atoms with Gasteiger partial charge in [-0.15, -0.1) is 0 Å². The molecule has 21 heavy (non-hydrogen) atoms. The number of benzene rings is 1. The van der Waals surface area contributed by atoms with E-state index < -0.39 is 5.60 Å². The minimum absolute atomic E-state index is 0.187. The van der Waals surface area contributed by atoms with Crippen LogP contribution in [-0.2, 0) is 12.0 Å². The number of hydrogen-bond acceptors (Lipinski definition) is 3. The highest BCUT2D eigenvalue weighted by atomic mass is 32.1. The third-order valence-corrected chi connectivity index (χ3v) is 4.27. The van der Waals surface area contributed by atoms with E-state index >= 15 is 0 Å². The standard InChI is InChI=1S/C16H16N2O2S/c19-14(12-5-3-9-17-15(12)21)18-10-16(20)8-7-11-4-1-2-6-13(11)16/h1-6,9,20H,7-8,10H2,(H,17,21)(H,18,19). The molecule has 3 N–H and O–H groups in total. The molecule has 1 unspecified atom stereocenters. The first kappa shape index (κ1) is 14.0. The highest BCUT2D eigenvalue weighted by Crippen LogP contribution is 2.36. The number of H-pyrrole nitrogens is 1. The average molecular weight is 300 g/mol. The molecule has 1 aromatic heterocycles. The fourth-order valence-electron chi connectivity index (χ4n) is 2.77. The van der Waals surface area contributed by atoms with Gasteiger partial charge in [0.15, 0.2) is 0 Å². The van der Waals surface area contributed by atoms with Gasteiger partial charge in [0.25, 0.3) is 5.91 Å². The van der Waals surface area contributed by atoms with Crippen molar-refractivity contribution in [2.45, 2.75) is 18.4 Å². The molecule has 0 saturated heterocycles. The van der Waals surface area contributed by atoms with Gasteiger partial charge in [0.05, 0.1) is 12.1 Å². The Labute approximate surface area is 127 Å². The molecule has 0 radical (unpaired) electrons. The normalized spacial score (nSPS) is 20.0. The predicted octanol–water partition coefficient (Wildman–Crippen LogP) is 2.31. The lowest BCUT2D eigenvalue weighted by Gasteiger charge is -2.24. The molecule has 0 spiro atoms. The molecule has 4 nitrogen and oxygen atoms in total. The lowest BCUT2D eigenvalue weighted by atomic mass is 9.96. The molecule has 1 amide bonds. The second kappa shape index (κ2) is 5.42. The predicted molar refractivity (Wildman–Crippen MR) is 82.6 cm³/mol. The fourth-order valence-corrected chi connectivity index (χ4v) is 3.00. The van der Waals surface area contributed by atoms with Crippen molar-refractivity contribution in [3.63, 3.8) is 0 Å². The van der Waals surface area contributed by atoms with Crippen molar-refractivity contribution in [2.24, 2.45) is 0 Å². The largest absolute Gasteiger partial charge is 0.383 e. The van der Waals surface area contributed by atoms with Crippen molar-refractivity contribution in [3.05, 3.63) is 63.9 Å². The van der Waals surface area contributed by atoms with Crippen LogP contribution in [0.3, 0.4) is 0 Å². The maximum absolute atomic E-state index is 12.2. The number of carbonyl (C=O) groups excluding carboxylic acids is 1. The molecule has 3 rings (SSSR count). The molecular formula is C16H16N2O2S. The maximum Gasteiger partial charge on any atom is 0.254 e. The second-order valence-electron chi connectivity index (χ2n) is 5.28. The molecule has 108 valence electrons. The van der Waals surface area contributed by atoms with Crippen LogP contribution in [0.2, 0.25) is 0 Å². The molecule has 0 aliphatic heterocycles. The number of aryl methyl sites for hydroxylation is 1. The monoisotopic (exact) mass is 300 g/mol. The van der Waals surface area contributed by atoms with Gasteiger partial charge < -0.3 is 15.4 Å². The zero-order valence-electron chi connectivity index (χ0n) is 11.4. The van der Waals surface area contributed by atoms with Crippen molar-refractivity contribution < 1.29 is 9.90 Å². The summed E-state index contributed by atoms with van der Waals surface area (Å²) < 4.78 is 0.397. The van der Waals surface area contributed by atoms with Gasteiger partial charge in [-0.1, -0.05) is 36.5 Å². The van der Waals surface area contributed by atoms with Crippen LogP contribution < -0.4 is 5.32 Å². The summed E-state index contributed by atoms with van der Waals surface area (Å²) in [6, 6.07) is 11.2. The van der Waals surface area contributed by atoms with E-state index in [9.17, 15) is 9.90 Å². The van der Waals surface area contributed by atoms with Gasteiger partial charge in [0.1, 0.15) is 10.2 Å². The smallest absolute Gasteiger partial charge is 0.254 e. The number of hydrogen-bond donors (Lipinski definition) is 3. The summed E-state index contributed by atoms with van der Waals surface area (Å²) in [4.78, 5) is 15.0. The van der Waals surface area contributed by atoms with Crippen LogP contribution in [0.4, 0.5) is 0 Å². The Morgan fingerprint density at radius 1 is 1.33 bits per heavy atom. The van der Waals surface area contributed by atoms with Crippen molar-refractivity contribution >= 4 is 18.1 Å². The zero-order chi connectivity index (χ0) is 14.9. The highest BCUT2D eigenvalue weighted by Gasteiger charge is 2.36. The molecule has 0 saturated carbocycles. The number of rotatable bonds is 3. The van der Waals surface area contributed by atoms with Crippen LogP contribution in [-0.4, -0.2) is 22.5 Å². The molecule has 1 aromatic carbocycles. The molecule has 1 aliphatic carbocycles. The molecule has 1 atom stereocenters. The minimum Gasteiger partial charge on any atom is -0.383 e. The Bertz CT molecular complexity index is 741. The fraction of sp³-hybridized carbons (Fsp3) is 0.250. The van der Waals surface area contributed by atoms with E-state index in [0.29, 0.717) is 16.6 Å². The number of amides is 1. The molecular weight excluding hydrogens is 284 g/mol. The van der Waals surface area contributed by atoms with Crippen LogP contribution in [0.1, 0.15) is 27.9 Å². The zero-order valence-corrected chi connectivity index (χ0v) is 12.2. The molecule has 5 heteroatoms. The van der Waals surface area contributed by atoms with Gasteiger partial charge in [-0.3, -0.25) is 4.79 Å². The number of carbonyl (C=O) groups is 1. The van der Waals surface area contributed by atoms with Gasteiger partial charge >= 0.3 is 0 Å². The number of nitrogens with one attached hydrogen (secondary N) is 2. The van der Waals surface area contributed by atoms with E-state index in [0.717, 1.165) is 17.5 Å². The van der Waals surface area contributed by atoms with E-state index in [2.05, 4.69) is 10.3 Å². The second-order valence-corrected chi connectivity index (χ2v) is 5.69. The average Bonchev–Trinajstić information content (AvgIpc) is 2.84. The van der Waals surface area contributed by atoms with Gasteiger partial charge in [-0.05, 0) is 36.1 Å². The first-order valence-corrected chi connectivity index (χ1v) is 7.28. The first-order chi connectivity index (χ1) is 10.1. The number of aromatic amines is 1. The third-order valence-electron chi connectivity index (χ3n) is 3.93. The summed E-state index contributed by atoms with van der Waals surface area (Å²) in [5.41, 5.74) is 1.48. The topological polar surface area (TPSA) is 65.1 Å². The molecule has 0 bridgehead atoms. The Morgan fingerprint density at radius 2 is 2.14 bits per heavy atom. The Morgan fingerprint density at radius 3 is 2.95 bits per heavy atom. The summed E-state index contributed by atoms with van der Waals surface area (Å²) in [7, 11) is 0. The van der Waals surface area contributed by atoms with Gasteiger partial charge in [0, 0.05) is 6.20 Å². The number of aromatic nitrogens is 1. The van der Waals surface area contributed by atoms with Crippen LogP contribution in [0.25, 0.3) is 0 Å². The van der Waals surface area contributed by atoms with Gasteiger partial charge in [-0.25, -0.2) is 0 Å². The van der Waals surface area contributed by atoms with Crippen LogP contribution >= 0.6 is 12.2 Å². The lowest BCUT2D eigenvalue weighted by Crippen LogP contribution is -2.39. The van der Waals surface area contributed by atoms with Crippen molar-refractivity contribution in [1.29, 1.82) is 0 Å². The highest BCUT2D eigenvalue weighted by molar-refractivity contribution is 7.71. The SMILES string of the molecule is O=C(NCC1(O)CCc2ccccc21)c1ccc[nH]c1=S. The van der Waals surface area contributed by atoms with E-state index in [1.807, 2.05) is 24.3 Å². The number of aliphatic hydroxyl groups is 1. The molecule has 1 heterocycles. The summed E-state index contributed by atoms with van der Waals surface area (Å²) in [6.07, 6.45) is 3.13. The van der Waals surface area contributed by atoms with Gasteiger partial charge in [-0.2, -0.15) is 0 Å². The van der Waals surface area contributed by atoms with E-state index in [4.69, 9.17) is 12.2 Å².